The predicted molar refractivity (Wildman–Crippen MR) is 221 cm³/mol. The number of hydrogen-bond acceptors (Lipinski definition) is 2. The van der Waals surface area contributed by atoms with Gasteiger partial charge in [-0.25, -0.2) is 0 Å². The topological polar surface area (TPSA) is 23.0 Å². The normalized spacial score (nSPS) is 12.2. The molecule has 0 saturated carbocycles. The Bertz CT molecular complexity index is 3410. The summed E-state index contributed by atoms with van der Waals surface area (Å²) < 4.78 is 14.1. The van der Waals surface area contributed by atoms with Crippen molar-refractivity contribution in [2.45, 2.75) is 0 Å². The van der Waals surface area contributed by atoms with Crippen LogP contribution in [-0.2, 0) is 0 Å². The van der Waals surface area contributed by atoms with Gasteiger partial charge < -0.3 is 13.6 Å². The number of thiophene rings is 1. The van der Waals surface area contributed by atoms with E-state index in [9.17, 15) is 0 Å². The maximum absolute atomic E-state index is 6.62. The van der Waals surface area contributed by atoms with Crippen LogP contribution in [-0.4, -0.2) is 9.13 Å². The second-order valence-electron chi connectivity index (χ2n) is 13.6. The molecule has 4 heteroatoms. The minimum atomic E-state index is 0.887. The summed E-state index contributed by atoms with van der Waals surface area (Å²) in [6.07, 6.45) is 0. The van der Waals surface area contributed by atoms with Gasteiger partial charge in [0.25, 0.3) is 0 Å². The molecule has 12 aromatic rings. The number of hydrogen-bond donors (Lipinski definition) is 0. The monoisotopic (exact) mass is 680 g/mol. The highest BCUT2D eigenvalue weighted by molar-refractivity contribution is 7.25. The van der Waals surface area contributed by atoms with Crippen molar-refractivity contribution in [1.29, 1.82) is 0 Å². The third kappa shape index (κ3) is 3.74. The van der Waals surface area contributed by atoms with Crippen molar-refractivity contribution in [3.05, 3.63) is 170 Å². The van der Waals surface area contributed by atoms with Crippen molar-refractivity contribution >= 4 is 97.1 Å². The van der Waals surface area contributed by atoms with Gasteiger partial charge in [0.1, 0.15) is 11.2 Å². The molecular formula is C48H28N2OS. The molecule has 8 aromatic carbocycles. The van der Waals surface area contributed by atoms with Gasteiger partial charge in [-0.2, -0.15) is 0 Å². The maximum atomic E-state index is 6.62. The first kappa shape index (κ1) is 28.1. The van der Waals surface area contributed by atoms with E-state index < -0.39 is 0 Å². The number of benzene rings is 8. The van der Waals surface area contributed by atoms with E-state index >= 15 is 0 Å². The summed E-state index contributed by atoms with van der Waals surface area (Å²) in [4.78, 5) is 0. The predicted octanol–water partition coefficient (Wildman–Crippen LogP) is 13.8. The Morgan fingerprint density at radius 3 is 1.71 bits per heavy atom. The maximum Gasteiger partial charge on any atom is 0.136 e. The molecule has 0 aliphatic carbocycles. The highest BCUT2D eigenvalue weighted by atomic mass is 32.1. The quantitative estimate of drug-likeness (QED) is 0.182. The number of aromatic nitrogens is 2. The van der Waals surface area contributed by atoms with Crippen LogP contribution in [0.4, 0.5) is 0 Å². The zero-order valence-electron chi connectivity index (χ0n) is 27.9. The molecular weight excluding hydrogens is 653 g/mol. The van der Waals surface area contributed by atoms with Crippen LogP contribution in [0, 0.1) is 0 Å². The Morgan fingerprint density at radius 2 is 0.962 bits per heavy atom. The van der Waals surface area contributed by atoms with Gasteiger partial charge in [-0.3, -0.25) is 0 Å². The fourth-order valence-corrected chi connectivity index (χ4v) is 9.92. The molecule has 0 unspecified atom stereocenters. The Kier molecular flexibility index (Phi) is 5.65. The second kappa shape index (κ2) is 10.5. The largest absolute Gasteiger partial charge is 0.456 e. The lowest BCUT2D eigenvalue weighted by Gasteiger charge is -2.13. The molecule has 0 spiro atoms. The summed E-state index contributed by atoms with van der Waals surface area (Å²) in [5.74, 6) is 0. The minimum Gasteiger partial charge on any atom is -0.456 e. The lowest BCUT2D eigenvalue weighted by atomic mass is 9.95. The molecule has 0 aliphatic heterocycles. The van der Waals surface area contributed by atoms with Crippen LogP contribution in [0.3, 0.4) is 0 Å². The van der Waals surface area contributed by atoms with E-state index in [-0.39, 0.29) is 0 Å². The molecule has 0 bridgehead atoms. The first-order valence-electron chi connectivity index (χ1n) is 17.7. The van der Waals surface area contributed by atoms with Crippen molar-refractivity contribution in [2.24, 2.45) is 0 Å². The van der Waals surface area contributed by atoms with Gasteiger partial charge in [0.2, 0.25) is 0 Å². The summed E-state index contributed by atoms with van der Waals surface area (Å²) in [5.41, 5.74) is 11.2. The average Bonchev–Trinajstić information content (AvgIpc) is 3.95. The summed E-state index contributed by atoms with van der Waals surface area (Å²) in [6, 6.07) is 61.6. The van der Waals surface area contributed by atoms with E-state index in [0.717, 1.165) is 33.3 Å². The number of nitrogens with zero attached hydrogens (tertiary/aromatic N) is 2. The van der Waals surface area contributed by atoms with Crippen LogP contribution in [0.25, 0.3) is 108 Å². The molecule has 12 rings (SSSR count). The summed E-state index contributed by atoms with van der Waals surface area (Å²) in [5, 5.41) is 9.81. The Balaban J connectivity index is 1.21. The molecule has 0 N–H and O–H groups in total. The van der Waals surface area contributed by atoms with Crippen LogP contribution >= 0.6 is 11.3 Å². The average molecular weight is 681 g/mol. The highest BCUT2D eigenvalue weighted by Crippen LogP contribution is 2.46. The van der Waals surface area contributed by atoms with Crippen molar-refractivity contribution in [3.8, 4) is 22.5 Å². The Morgan fingerprint density at radius 1 is 0.365 bits per heavy atom. The molecule has 0 atom stereocenters. The molecule has 0 aliphatic rings. The number of furan rings is 1. The standard InChI is InChI=1S/C48H28N2OS/c1-2-12-29(13-3-1)49-39-19-7-4-14-31(39)35-25-26-36-32-15-5-8-20-40(32)50(48(36)47(35)49)30-24-27-41-38(28-30)45-33(17-10-21-42(45)51-41)34-18-11-23-44-46(34)37-16-6-9-22-43(37)52-44/h1-28H. The van der Waals surface area contributed by atoms with Gasteiger partial charge in [0.15, 0.2) is 0 Å². The van der Waals surface area contributed by atoms with E-state index in [1.54, 1.807) is 0 Å². The lowest BCUT2D eigenvalue weighted by molar-refractivity contribution is 0.669. The van der Waals surface area contributed by atoms with Gasteiger partial charge in [-0.1, -0.05) is 109 Å². The molecule has 0 amide bonds. The van der Waals surface area contributed by atoms with E-state index in [0.29, 0.717) is 0 Å². The van der Waals surface area contributed by atoms with Gasteiger partial charge in [0, 0.05) is 63.9 Å². The van der Waals surface area contributed by atoms with Crippen LogP contribution in [0.1, 0.15) is 0 Å². The summed E-state index contributed by atoms with van der Waals surface area (Å²) in [6.45, 7) is 0. The fourth-order valence-electron chi connectivity index (χ4n) is 8.79. The van der Waals surface area contributed by atoms with Crippen LogP contribution in [0.2, 0.25) is 0 Å². The third-order valence-corrected chi connectivity index (χ3v) is 12.0. The van der Waals surface area contributed by atoms with Gasteiger partial charge in [0.05, 0.1) is 22.1 Å². The smallest absolute Gasteiger partial charge is 0.136 e. The summed E-state index contributed by atoms with van der Waals surface area (Å²) >= 11 is 1.86. The van der Waals surface area contributed by atoms with Crippen molar-refractivity contribution in [2.75, 3.05) is 0 Å². The van der Waals surface area contributed by atoms with E-state index in [1.807, 2.05) is 11.3 Å². The van der Waals surface area contributed by atoms with Gasteiger partial charge >= 0.3 is 0 Å². The molecule has 0 fully saturated rings. The zero-order valence-corrected chi connectivity index (χ0v) is 28.7. The third-order valence-electron chi connectivity index (χ3n) is 10.9. The van der Waals surface area contributed by atoms with Gasteiger partial charge in [-0.15, -0.1) is 11.3 Å². The number of para-hydroxylation sites is 3. The molecule has 4 heterocycles. The fraction of sp³-hybridized carbons (Fsp3) is 0. The minimum absolute atomic E-state index is 0.887. The van der Waals surface area contributed by atoms with E-state index in [2.05, 4.69) is 179 Å². The first-order valence-corrected chi connectivity index (χ1v) is 18.5. The first-order chi connectivity index (χ1) is 25.8. The van der Waals surface area contributed by atoms with Crippen LogP contribution in [0.15, 0.2) is 174 Å². The Hall–Kier alpha value is -6.62. The molecule has 0 saturated heterocycles. The van der Waals surface area contributed by atoms with Crippen molar-refractivity contribution in [3.63, 3.8) is 0 Å². The van der Waals surface area contributed by atoms with Crippen LogP contribution in [0.5, 0.6) is 0 Å². The molecule has 4 aromatic heterocycles. The van der Waals surface area contributed by atoms with Gasteiger partial charge in [-0.05, 0) is 71.8 Å². The van der Waals surface area contributed by atoms with Crippen molar-refractivity contribution < 1.29 is 4.42 Å². The number of rotatable bonds is 3. The molecule has 242 valence electrons. The van der Waals surface area contributed by atoms with E-state index in [4.69, 9.17) is 4.42 Å². The molecule has 3 nitrogen and oxygen atoms in total. The molecule has 0 radical (unpaired) electrons. The Labute approximate surface area is 301 Å². The number of fused-ring (bicyclic) bond motifs is 13. The highest BCUT2D eigenvalue weighted by Gasteiger charge is 2.22. The van der Waals surface area contributed by atoms with E-state index in [1.165, 1.54) is 74.9 Å². The van der Waals surface area contributed by atoms with Crippen LogP contribution < -0.4 is 0 Å². The SMILES string of the molecule is c1ccc(-n2c3ccccc3c3ccc4c5ccccc5n(-c5ccc6oc7cccc(-c8cccc9sc%10ccccc%10c89)c7c6c5)c4c32)cc1. The van der Waals surface area contributed by atoms with Crippen molar-refractivity contribution in [1.82, 2.24) is 9.13 Å². The summed E-state index contributed by atoms with van der Waals surface area (Å²) in [7, 11) is 0. The zero-order chi connectivity index (χ0) is 33.9. The second-order valence-corrected chi connectivity index (χ2v) is 14.7. The lowest BCUT2D eigenvalue weighted by Crippen LogP contribution is -1.98. The molecule has 52 heavy (non-hydrogen) atoms.